The van der Waals surface area contributed by atoms with Gasteiger partial charge in [-0.15, -0.1) is 0 Å². The molecule has 1 aliphatic rings. The largest absolute Gasteiger partial charge is 0.364 e. The lowest BCUT2D eigenvalue weighted by Gasteiger charge is -2.13. The molecule has 0 aromatic heterocycles. The lowest BCUT2D eigenvalue weighted by molar-refractivity contribution is -0.131. The molecule has 4 nitrogen and oxygen atoms in total. The van der Waals surface area contributed by atoms with Crippen LogP contribution in [-0.2, 0) is 9.53 Å². The van der Waals surface area contributed by atoms with Crippen molar-refractivity contribution in [2.45, 2.75) is 51.7 Å². The van der Waals surface area contributed by atoms with Crippen molar-refractivity contribution in [1.82, 2.24) is 5.32 Å². The number of hydrogen-bond acceptors (Lipinski definition) is 3. The van der Waals surface area contributed by atoms with Gasteiger partial charge in [-0.25, -0.2) is 0 Å². The highest BCUT2D eigenvalue weighted by Gasteiger charge is 2.29. The Morgan fingerprint density at radius 2 is 2.25 bits per heavy atom. The summed E-state index contributed by atoms with van der Waals surface area (Å²) in [5.74, 6) is 0.723. The van der Waals surface area contributed by atoms with Crippen molar-refractivity contribution in [1.29, 1.82) is 0 Å². The average Bonchev–Trinajstić information content (AvgIpc) is 2.72. The molecule has 0 spiro atoms. The molecule has 1 amide bonds. The fraction of sp³-hybridized carbons (Fsp3) is 0.917. The van der Waals surface area contributed by atoms with Gasteiger partial charge >= 0.3 is 0 Å². The van der Waals surface area contributed by atoms with Crippen molar-refractivity contribution < 1.29 is 9.53 Å². The highest BCUT2D eigenvalue weighted by atomic mass is 16.5. The van der Waals surface area contributed by atoms with Crippen LogP contribution in [0.3, 0.4) is 0 Å². The molecule has 0 aromatic carbocycles. The fourth-order valence-electron chi connectivity index (χ4n) is 1.91. The van der Waals surface area contributed by atoms with Crippen LogP contribution in [0.1, 0.15) is 39.5 Å². The maximum Gasteiger partial charge on any atom is 0.249 e. The van der Waals surface area contributed by atoms with Gasteiger partial charge in [0.1, 0.15) is 6.10 Å². The van der Waals surface area contributed by atoms with E-state index >= 15 is 0 Å². The zero-order chi connectivity index (χ0) is 12.0. The molecule has 0 unspecified atom stereocenters. The monoisotopic (exact) mass is 228 g/mol. The number of rotatable bonds is 6. The van der Waals surface area contributed by atoms with Crippen molar-refractivity contribution in [2.75, 3.05) is 13.1 Å². The summed E-state index contributed by atoms with van der Waals surface area (Å²) in [6, 6.07) is 0. The lowest BCUT2D eigenvalue weighted by Crippen LogP contribution is -2.36. The van der Waals surface area contributed by atoms with Crippen LogP contribution < -0.4 is 11.1 Å². The van der Waals surface area contributed by atoms with Gasteiger partial charge in [0.2, 0.25) is 5.91 Å². The summed E-state index contributed by atoms with van der Waals surface area (Å²) in [6.07, 6.45) is 3.70. The van der Waals surface area contributed by atoms with Crippen molar-refractivity contribution in [3.63, 3.8) is 0 Å². The van der Waals surface area contributed by atoms with Gasteiger partial charge in [0, 0.05) is 13.1 Å². The molecule has 4 heteroatoms. The number of carbonyl (C=O) groups excluding carboxylic acids is 1. The average molecular weight is 228 g/mol. The predicted octanol–water partition coefficient (Wildman–Crippen LogP) is 1.05. The number of amides is 1. The third-order valence-electron chi connectivity index (χ3n) is 2.92. The lowest BCUT2D eigenvalue weighted by atomic mass is 10.1. The maximum absolute atomic E-state index is 11.7. The van der Waals surface area contributed by atoms with Crippen molar-refractivity contribution >= 4 is 5.91 Å². The summed E-state index contributed by atoms with van der Waals surface area (Å²) in [6.45, 7) is 5.64. The highest BCUT2D eigenvalue weighted by Crippen LogP contribution is 2.18. The first-order valence-corrected chi connectivity index (χ1v) is 6.26. The van der Waals surface area contributed by atoms with Crippen LogP contribution in [0.4, 0.5) is 0 Å². The SMILES string of the molecule is CC(C)CCCNC(=O)[C@@H]1CC[C@H](CN)O1. The van der Waals surface area contributed by atoms with Crippen LogP contribution >= 0.6 is 0 Å². The third kappa shape index (κ3) is 4.49. The number of ether oxygens (including phenoxy) is 1. The van der Waals surface area contributed by atoms with E-state index in [9.17, 15) is 4.79 Å². The summed E-state index contributed by atoms with van der Waals surface area (Å²) in [4.78, 5) is 11.7. The summed E-state index contributed by atoms with van der Waals surface area (Å²) >= 11 is 0. The predicted molar refractivity (Wildman–Crippen MR) is 64.0 cm³/mol. The van der Waals surface area contributed by atoms with E-state index in [2.05, 4.69) is 19.2 Å². The molecule has 2 atom stereocenters. The topological polar surface area (TPSA) is 64.4 Å². The molecular formula is C12H24N2O2. The Labute approximate surface area is 97.9 Å². The van der Waals surface area contributed by atoms with Crippen LogP contribution in [0.5, 0.6) is 0 Å². The van der Waals surface area contributed by atoms with E-state index in [1.165, 1.54) is 0 Å². The molecule has 0 aliphatic carbocycles. The Morgan fingerprint density at radius 1 is 1.50 bits per heavy atom. The number of hydrogen-bond donors (Lipinski definition) is 2. The Bertz CT molecular complexity index is 219. The molecule has 0 radical (unpaired) electrons. The normalized spacial score (nSPS) is 25.0. The van der Waals surface area contributed by atoms with Crippen LogP contribution in [0.2, 0.25) is 0 Å². The highest BCUT2D eigenvalue weighted by molar-refractivity contribution is 5.80. The van der Waals surface area contributed by atoms with Gasteiger partial charge in [-0.05, 0) is 31.6 Å². The van der Waals surface area contributed by atoms with Gasteiger partial charge in [-0.1, -0.05) is 13.8 Å². The summed E-state index contributed by atoms with van der Waals surface area (Å²) in [7, 11) is 0. The Morgan fingerprint density at radius 3 is 2.81 bits per heavy atom. The first-order valence-electron chi connectivity index (χ1n) is 6.26. The van der Waals surface area contributed by atoms with Gasteiger partial charge in [-0.3, -0.25) is 4.79 Å². The Hall–Kier alpha value is -0.610. The van der Waals surface area contributed by atoms with E-state index < -0.39 is 0 Å². The van der Waals surface area contributed by atoms with E-state index in [1.54, 1.807) is 0 Å². The van der Waals surface area contributed by atoms with Crippen LogP contribution in [0.15, 0.2) is 0 Å². The minimum atomic E-state index is -0.271. The van der Waals surface area contributed by atoms with Crippen molar-refractivity contribution in [3.8, 4) is 0 Å². The molecule has 3 N–H and O–H groups in total. The second-order valence-corrected chi connectivity index (χ2v) is 4.89. The molecule has 94 valence electrons. The Balaban J connectivity index is 2.11. The van der Waals surface area contributed by atoms with E-state index in [-0.39, 0.29) is 18.1 Å². The molecule has 1 heterocycles. The first kappa shape index (κ1) is 13.5. The maximum atomic E-state index is 11.7. The second-order valence-electron chi connectivity index (χ2n) is 4.89. The summed E-state index contributed by atoms with van der Waals surface area (Å²) in [5.41, 5.74) is 5.49. The second kappa shape index (κ2) is 6.86. The molecule has 0 aromatic rings. The zero-order valence-electron chi connectivity index (χ0n) is 10.4. The number of nitrogens with one attached hydrogen (secondary N) is 1. The first-order chi connectivity index (χ1) is 7.63. The van der Waals surface area contributed by atoms with Gasteiger partial charge in [0.05, 0.1) is 6.10 Å². The van der Waals surface area contributed by atoms with Gasteiger partial charge in [0.25, 0.3) is 0 Å². The van der Waals surface area contributed by atoms with Gasteiger partial charge < -0.3 is 15.8 Å². The van der Waals surface area contributed by atoms with Crippen LogP contribution in [0, 0.1) is 5.92 Å². The number of nitrogens with two attached hydrogens (primary N) is 1. The van der Waals surface area contributed by atoms with Crippen LogP contribution in [-0.4, -0.2) is 31.2 Å². The van der Waals surface area contributed by atoms with Gasteiger partial charge in [-0.2, -0.15) is 0 Å². The van der Waals surface area contributed by atoms with E-state index in [0.717, 1.165) is 32.2 Å². The molecule has 0 saturated carbocycles. The molecule has 16 heavy (non-hydrogen) atoms. The van der Waals surface area contributed by atoms with Crippen molar-refractivity contribution in [3.05, 3.63) is 0 Å². The summed E-state index contributed by atoms with van der Waals surface area (Å²) in [5, 5.41) is 2.92. The number of carbonyl (C=O) groups is 1. The fourth-order valence-corrected chi connectivity index (χ4v) is 1.91. The minimum absolute atomic E-state index is 0.0275. The molecular weight excluding hydrogens is 204 g/mol. The van der Waals surface area contributed by atoms with Crippen molar-refractivity contribution in [2.24, 2.45) is 11.7 Å². The summed E-state index contributed by atoms with van der Waals surface area (Å²) < 4.78 is 5.51. The Kier molecular flexibility index (Phi) is 5.77. The standard InChI is InChI=1S/C12H24N2O2/c1-9(2)4-3-7-14-12(15)11-6-5-10(8-13)16-11/h9-11H,3-8,13H2,1-2H3,(H,14,15)/t10-,11+/m1/s1. The quantitative estimate of drug-likeness (QED) is 0.668. The van der Waals surface area contributed by atoms with E-state index in [1.807, 2.05) is 0 Å². The molecule has 0 bridgehead atoms. The van der Waals surface area contributed by atoms with E-state index in [0.29, 0.717) is 12.5 Å². The van der Waals surface area contributed by atoms with Gasteiger partial charge in [0.15, 0.2) is 0 Å². The van der Waals surface area contributed by atoms with Crippen LogP contribution in [0.25, 0.3) is 0 Å². The molecule has 1 rings (SSSR count). The molecule has 1 aliphatic heterocycles. The molecule has 1 fully saturated rings. The third-order valence-corrected chi connectivity index (χ3v) is 2.92. The van der Waals surface area contributed by atoms with E-state index in [4.69, 9.17) is 10.5 Å². The minimum Gasteiger partial charge on any atom is -0.364 e. The zero-order valence-corrected chi connectivity index (χ0v) is 10.4. The smallest absolute Gasteiger partial charge is 0.249 e. The molecule has 1 saturated heterocycles.